The second-order valence-corrected chi connectivity index (χ2v) is 6.67. The van der Waals surface area contributed by atoms with Crippen LogP contribution in [0.25, 0.3) is 16.6 Å². The summed E-state index contributed by atoms with van der Waals surface area (Å²) in [6.45, 7) is 1.95. The molecule has 2 N–H and O–H groups in total. The number of hydrogen-bond donors (Lipinski definition) is 2. The number of halogens is 1. The number of methoxy groups -OCH3 is 2. The lowest BCUT2D eigenvalue weighted by Gasteiger charge is -2.16. The van der Waals surface area contributed by atoms with Crippen LogP contribution in [0.2, 0.25) is 5.02 Å². The molecule has 0 aliphatic rings. The Labute approximate surface area is 171 Å². The van der Waals surface area contributed by atoms with Crippen LogP contribution in [0.1, 0.15) is 11.4 Å². The van der Waals surface area contributed by atoms with Crippen LogP contribution in [0.5, 0.6) is 11.5 Å². The molecule has 0 amide bonds. The van der Waals surface area contributed by atoms with Crippen molar-refractivity contribution in [2.24, 2.45) is 5.16 Å². The highest BCUT2D eigenvalue weighted by Gasteiger charge is 2.19. The first kappa shape index (κ1) is 18.8. The first-order valence-corrected chi connectivity index (χ1v) is 9.08. The van der Waals surface area contributed by atoms with Gasteiger partial charge < -0.3 is 20.0 Å². The third-order valence-electron chi connectivity index (χ3n) is 4.63. The predicted molar refractivity (Wildman–Crippen MR) is 112 cm³/mol. The van der Waals surface area contributed by atoms with Gasteiger partial charge in [0.1, 0.15) is 17.2 Å². The molecule has 0 spiro atoms. The Hall–Kier alpha value is -3.52. The van der Waals surface area contributed by atoms with Crippen molar-refractivity contribution in [3.8, 4) is 11.5 Å². The average molecular weight is 412 g/mol. The third-order valence-corrected chi connectivity index (χ3v) is 4.95. The monoisotopic (exact) mass is 411 g/mol. The molecule has 0 saturated heterocycles. The molecule has 0 radical (unpaired) electrons. The van der Waals surface area contributed by atoms with E-state index in [2.05, 4.69) is 15.5 Å². The molecular formula is C20H18ClN5O3. The number of aromatic nitrogens is 3. The number of fused-ring (bicyclic) bond motifs is 3. The summed E-state index contributed by atoms with van der Waals surface area (Å²) in [5.41, 5.74) is 3.65. The number of imidazole rings is 1. The van der Waals surface area contributed by atoms with Crippen molar-refractivity contribution in [3.63, 3.8) is 0 Å². The lowest BCUT2D eigenvalue weighted by atomic mass is 10.2. The molecule has 0 atom stereocenters. The Balaban J connectivity index is 2.07. The van der Waals surface area contributed by atoms with Gasteiger partial charge in [-0.3, -0.25) is 4.40 Å². The second kappa shape index (κ2) is 7.48. The van der Waals surface area contributed by atoms with Gasteiger partial charge in [0.05, 0.1) is 36.6 Å². The van der Waals surface area contributed by atoms with Crippen LogP contribution >= 0.6 is 11.6 Å². The van der Waals surface area contributed by atoms with Crippen molar-refractivity contribution in [3.05, 3.63) is 52.9 Å². The van der Waals surface area contributed by atoms with E-state index < -0.39 is 0 Å². The molecule has 29 heavy (non-hydrogen) atoms. The minimum Gasteiger partial charge on any atom is -0.493 e. The first-order chi connectivity index (χ1) is 14.1. The highest BCUT2D eigenvalue weighted by Crippen LogP contribution is 2.38. The Morgan fingerprint density at radius 2 is 2.00 bits per heavy atom. The van der Waals surface area contributed by atoms with Crippen molar-refractivity contribution in [2.75, 3.05) is 19.5 Å². The van der Waals surface area contributed by atoms with E-state index in [9.17, 15) is 0 Å². The zero-order valence-electron chi connectivity index (χ0n) is 16.0. The highest BCUT2D eigenvalue weighted by molar-refractivity contribution is 6.33. The van der Waals surface area contributed by atoms with Gasteiger partial charge in [0, 0.05) is 0 Å². The van der Waals surface area contributed by atoms with Crippen molar-refractivity contribution < 1.29 is 14.7 Å². The van der Waals surface area contributed by atoms with Gasteiger partial charge in [-0.2, -0.15) is 0 Å². The summed E-state index contributed by atoms with van der Waals surface area (Å²) in [7, 11) is 3.12. The molecule has 0 fully saturated rings. The van der Waals surface area contributed by atoms with Crippen LogP contribution < -0.4 is 14.8 Å². The summed E-state index contributed by atoms with van der Waals surface area (Å²) in [5, 5.41) is 16.1. The van der Waals surface area contributed by atoms with E-state index in [4.69, 9.17) is 31.3 Å². The molecule has 0 aliphatic carbocycles. The van der Waals surface area contributed by atoms with E-state index >= 15 is 0 Å². The zero-order chi connectivity index (χ0) is 20.5. The van der Waals surface area contributed by atoms with Crippen molar-refractivity contribution in [1.82, 2.24) is 14.4 Å². The standard InChI is InChI=1S/C20H18ClN5O3/c1-11-5-4-6-12(21)17(11)24-20-14-9-22-16(10-23-27)26(14)13-7-8-15(28-2)19(29-3)18(13)25-20/h4-10,27H,1-3H3,(H,24,25)/b23-10+. The summed E-state index contributed by atoms with van der Waals surface area (Å²) >= 11 is 6.40. The van der Waals surface area contributed by atoms with E-state index in [1.807, 2.05) is 29.5 Å². The molecule has 0 saturated carbocycles. The summed E-state index contributed by atoms with van der Waals surface area (Å²) in [6.07, 6.45) is 2.91. The van der Waals surface area contributed by atoms with Crippen molar-refractivity contribution in [2.45, 2.75) is 6.92 Å². The Morgan fingerprint density at radius 3 is 2.69 bits per heavy atom. The van der Waals surface area contributed by atoms with Gasteiger partial charge >= 0.3 is 0 Å². The quantitative estimate of drug-likeness (QED) is 0.287. The number of benzene rings is 2. The van der Waals surface area contributed by atoms with Gasteiger partial charge in [-0.25, -0.2) is 9.97 Å². The topological polar surface area (TPSA) is 93.3 Å². The molecule has 148 valence electrons. The molecule has 0 unspecified atom stereocenters. The van der Waals surface area contributed by atoms with Gasteiger partial charge in [-0.05, 0) is 30.7 Å². The molecule has 0 bridgehead atoms. The fourth-order valence-corrected chi connectivity index (χ4v) is 3.56. The fourth-order valence-electron chi connectivity index (χ4n) is 3.29. The van der Waals surface area contributed by atoms with Crippen LogP contribution in [0.3, 0.4) is 0 Å². The maximum atomic E-state index is 9.05. The number of nitrogens with zero attached hydrogens (tertiary/aromatic N) is 4. The Kier molecular flexibility index (Phi) is 4.85. The van der Waals surface area contributed by atoms with Crippen LogP contribution in [-0.2, 0) is 0 Å². The molecule has 2 heterocycles. The molecule has 2 aromatic heterocycles. The fraction of sp³-hybridized carbons (Fsp3) is 0.150. The van der Waals surface area contributed by atoms with Gasteiger partial charge in [-0.1, -0.05) is 28.9 Å². The number of hydrogen-bond acceptors (Lipinski definition) is 7. The molecule has 9 heteroatoms. The van der Waals surface area contributed by atoms with Crippen molar-refractivity contribution >= 4 is 45.9 Å². The van der Waals surface area contributed by atoms with Crippen LogP contribution in [-0.4, -0.2) is 40.0 Å². The summed E-state index contributed by atoms with van der Waals surface area (Å²) < 4.78 is 12.8. The number of rotatable bonds is 5. The van der Waals surface area contributed by atoms with Gasteiger partial charge in [0.2, 0.25) is 0 Å². The largest absolute Gasteiger partial charge is 0.493 e. The minimum absolute atomic E-state index is 0.432. The molecule has 4 aromatic rings. The second-order valence-electron chi connectivity index (χ2n) is 6.27. The van der Waals surface area contributed by atoms with Gasteiger partial charge in [0.15, 0.2) is 23.1 Å². The van der Waals surface area contributed by atoms with Gasteiger partial charge in [-0.15, -0.1) is 0 Å². The number of oxime groups is 1. The highest BCUT2D eigenvalue weighted by atomic mass is 35.5. The maximum Gasteiger partial charge on any atom is 0.188 e. The number of para-hydroxylation sites is 1. The Morgan fingerprint density at radius 1 is 1.17 bits per heavy atom. The number of ether oxygens (including phenoxy) is 2. The smallest absolute Gasteiger partial charge is 0.188 e. The molecule has 2 aromatic carbocycles. The Bertz CT molecular complexity index is 1230. The minimum atomic E-state index is 0.432. The molecular weight excluding hydrogens is 394 g/mol. The van der Waals surface area contributed by atoms with E-state index in [-0.39, 0.29) is 0 Å². The predicted octanol–water partition coefficient (Wildman–Crippen LogP) is 4.41. The zero-order valence-corrected chi connectivity index (χ0v) is 16.7. The van der Waals surface area contributed by atoms with Crippen LogP contribution in [0.15, 0.2) is 41.7 Å². The number of aryl methyl sites for hydroxylation is 1. The van der Waals surface area contributed by atoms with E-state index in [1.165, 1.54) is 6.21 Å². The normalized spacial score (nSPS) is 11.4. The summed E-state index contributed by atoms with van der Waals surface area (Å²) in [6, 6.07) is 9.27. The lowest BCUT2D eigenvalue weighted by molar-refractivity contribution is 0.321. The van der Waals surface area contributed by atoms with Crippen molar-refractivity contribution in [1.29, 1.82) is 0 Å². The molecule has 0 aliphatic heterocycles. The maximum absolute atomic E-state index is 9.05. The van der Waals surface area contributed by atoms with E-state index in [0.29, 0.717) is 44.7 Å². The average Bonchev–Trinajstić information content (AvgIpc) is 3.14. The number of anilines is 2. The van der Waals surface area contributed by atoms with Gasteiger partial charge in [0.25, 0.3) is 0 Å². The van der Waals surface area contributed by atoms with Crippen LogP contribution in [0, 0.1) is 6.92 Å². The first-order valence-electron chi connectivity index (χ1n) is 8.70. The van der Waals surface area contributed by atoms with E-state index in [0.717, 1.165) is 11.3 Å². The SMILES string of the molecule is COc1ccc2c(nc(Nc3c(C)cccc3Cl)c3cnc(/C=N/O)n32)c1OC. The number of nitrogens with one attached hydrogen (secondary N) is 1. The summed E-state index contributed by atoms with van der Waals surface area (Å²) in [4.78, 5) is 9.14. The third kappa shape index (κ3) is 3.07. The molecule has 4 rings (SSSR count). The lowest BCUT2D eigenvalue weighted by Crippen LogP contribution is -2.04. The summed E-state index contributed by atoms with van der Waals surface area (Å²) in [5.74, 6) is 1.97. The molecule has 8 nitrogen and oxygen atoms in total. The van der Waals surface area contributed by atoms with E-state index in [1.54, 1.807) is 32.5 Å². The van der Waals surface area contributed by atoms with Crippen LogP contribution in [0.4, 0.5) is 11.5 Å².